The maximum absolute atomic E-state index is 12.6. The number of hydrogen-bond donors (Lipinski definition) is 1. The molecule has 0 radical (unpaired) electrons. The van der Waals surface area contributed by atoms with E-state index in [-0.39, 0.29) is 35.6 Å². The van der Waals surface area contributed by atoms with Gasteiger partial charge in [0.25, 0.3) is 5.69 Å². The molecule has 0 atom stereocenters. The molecule has 8 nitrogen and oxygen atoms in total. The second-order valence-corrected chi connectivity index (χ2v) is 7.44. The summed E-state index contributed by atoms with van der Waals surface area (Å²) in [6.07, 6.45) is 0.334. The SMILES string of the molecule is CN=C(NCc1cccc([N+](=O)[O-])c1)N1CCN(C(=O)Cc2cccc(Cl)c2)CC1.I. The minimum absolute atomic E-state index is 0. The molecule has 3 rings (SSSR count). The maximum Gasteiger partial charge on any atom is 0.269 e. The number of amides is 1. The molecule has 1 heterocycles. The van der Waals surface area contributed by atoms with E-state index in [4.69, 9.17) is 11.6 Å². The van der Waals surface area contributed by atoms with Gasteiger partial charge >= 0.3 is 0 Å². The molecular weight excluding hydrogens is 533 g/mol. The van der Waals surface area contributed by atoms with Crippen LogP contribution in [0, 0.1) is 10.1 Å². The fourth-order valence-electron chi connectivity index (χ4n) is 3.39. The molecule has 2 aromatic rings. The average molecular weight is 558 g/mol. The van der Waals surface area contributed by atoms with Gasteiger partial charge < -0.3 is 15.1 Å². The van der Waals surface area contributed by atoms with Gasteiger partial charge in [-0.2, -0.15) is 0 Å². The Kier molecular flexibility index (Phi) is 9.50. The lowest BCUT2D eigenvalue weighted by Crippen LogP contribution is -2.53. The summed E-state index contributed by atoms with van der Waals surface area (Å²) in [6, 6.07) is 13.9. The molecular formula is C21H25ClIN5O3. The predicted octanol–water partition coefficient (Wildman–Crippen LogP) is 3.33. The number of nitro benzene ring substituents is 1. The highest BCUT2D eigenvalue weighted by Crippen LogP contribution is 2.14. The van der Waals surface area contributed by atoms with Crippen LogP contribution in [0.25, 0.3) is 0 Å². The van der Waals surface area contributed by atoms with E-state index in [2.05, 4.69) is 15.2 Å². The highest BCUT2D eigenvalue weighted by Gasteiger charge is 2.23. The largest absolute Gasteiger partial charge is 0.352 e. The van der Waals surface area contributed by atoms with Crippen molar-refractivity contribution < 1.29 is 9.72 Å². The third kappa shape index (κ3) is 7.06. The quantitative estimate of drug-likeness (QED) is 0.200. The number of halogens is 2. The van der Waals surface area contributed by atoms with Crippen LogP contribution in [-0.2, 0) is 17.8 Å². The fraction of sp³-hybridized carbons (Fsp3) is 0.333. The van der Waals surface area contributed by atoms with E-state index in [1.807, 2.05) is 29.2 Å². The van der Waals surface area contributed by atoms with Crippen molar-refractivity contribution in [2.24, 2.45) is 4.99 Å². The fourth-order valence-corrected chi connectivity index (χ4v) is 3.61. The summed E-state index contributed by atoms with van der Waals surface area (Å²) < 4.78 is 0. The van der Waals surface area contributed by atoms with Crippen molar-refractivity contribution in [3.05, 3.63) is 74.8 Å². The minimum atomic E-state index is -0.405. The average Bonchev–Trinajstić information content (AvgIpc) is 2.75. The van der Waals surface area contributed by atoms with E-state index in [1.54, 1.807) is 25.2 Å². The lowest BCUT2D eigenvalue weighted by Gasteiger charge is -2.36. The number of carbonyl (C=O) groups is 1. The molecule has 0 saturated carbocycles. The molecule has 1 N–H and O–H groups in total. The molecule has 1 amide bonds. The Bertz CT molecular complexity index is 948. The number of benzene rings is 2. The van der Waals surface area contributed by atoms with E-state index in [1.165, 1.54) is 6.07 Å². The van der Waals surface area contributed by atoms with Crippen LogP contribution in [0.1, 0.15) is 11.1 Å². The van der Waals surface area contributed by atoms with Crippen LogP contribution in [0.2, 0.25) is 5.02 Å². The van der Waals surface area contributed by atoms with Gasteiger partial charge in [0.15, 0.2) is 5.96 Å². The van der Waals surface area contributed by atoms with Crippen LogP contribution in [0.3, 0.4) is 0 Å². The van der Waals surface area contributed by atoms with Crippen LogP contribution in [0.4, 0.5) is 5.69 Å². The number of nitrogens with zero attached hydrogens (tertiary/aromatic N) is 4. The first kappa shape index (κ1) is 24.9. The number of carbonyl (C=O) groups excluding carboxylic acids is 1. The molecule has 0 spiro atoms. The number of non-ortho nitro benzene ring substituents is 1. The zero-order valence-corrected chi connectivity index (χ0v) is 20.2. The van der Waals surface area contributed by atoms with Gasteiger partial charge in [-0.15, -0.1) is 24.0 Å². The monoisotopic (exact) mass is 557 g/mol. The first-order valence-corrected chi connectivity index (χ1v) is 10.0. The van der Waals surface area contributed by atoms with Crippen molar-refractivity contribution in [1.29, 1.82) is 0 Å². The molecule has 2 aromatic carbocycles. The van der Waals surface area contributed by atoms with E-state index in [9.17, 15) is 14.9 Å². The predicted molar refractivity (Wildman–Crippen MR) is 132 cm³/mol. The Morgan fingerprint density at radius 2 is 1.74 bits per heavy atom. The summed E-state index contributed by atoms with van der Waals surface area (Å²) in [6.45, 7) is 2.97. The lowest BCUT2D eigenvalue weighted by molar-refractivity contribution is -0.384. The molecule has 1 aliphatic rings. The highest BCUT2D eigenvalue weighted by molar-refractivity contribution is 14.0. The van der Waals surface area contributed by atoms with Crippen LogP contribution in [-0.4, -0.2) is 59.8 Å². The summed E-state index contributed by atoms with van der Waals surface area (Å²) in [5, 5.41) is 14.8. The zero-order valence-electron chi connectivity index (χ0n) is 17.2. The van der Waals surface area contributed by atoms with E-state index >= 15 is 0 Å². The van der Waals surface area contributed by atoms with Crippen molar-refractivity contribution in [1.82, 2.24) is 15.1 Å². The molecule has 0 aliphatic carbocycles. The van der Waals surface area contributed by atoms with Gasteiger partial charge in [-0.1, -0.05) is 35.9 Å². The molecule has 1 aliphatic heterocycles. The molecule has 0 aromatic heterocycles. The molecule has 10 heteroatoms. The van der Waals surface area contributed by atoms with Crippen LogP contribution in [0.15, 0.2) is 53.5 Å². The van der Waals surface area contributed by atoms with E-state index < -0.39 is 4.92 Å². The van der Waals surface area contributed by atoms with E-state index in [0.717, 1.165) is 11.1 Å². The third-order valence-electron chi connectivity index (χ3n) is 4.96. The Morgan fingerprint density at radius 3 is 2.39 bits per heavy atom. The van der Waals surface area contributed by atoms with E-state index in [0.29, 0.717) is 50.1 Å². The molecule has 166 valence electrons. The Hall–Kier alpha value is -2.40. The van der Waals surface area contributed by atoms with Crippen molar-refractivity contribution >= 4 is 53.1 Å². The molecule has 0 unspecified atom stereocenters. The minimum Gasteiger partial charge on any atom is -0.352 e. The molecule has 31 heavy (non-hydrogen) atoms. The summed E-state index contributed by atoms with van der Waals surface area (Å²) in [5.74, 6) is 0.792. The van der Waals surface area contributed by atoms with Crippen LogP contribution < -0.4 is 5.32 Å². The zero-order chi connectivity index (χ0) is 21.5. The Balaban J connectivity index is 0.00000341. The van der Waals surface area contributed by atoms with Gasteiger partial charge in [-0.25, -0.2) is 0 Å². The van der Waals surface area contributed by atoms with Gasteiger partial charge in [0.2, 0.25) is 5.91 Å². The van der Waals surface area contributed by atoms with Crippen molar-refractivity contribution in [3.8, 4) is 0 Å². The number of rotatable bonds is 5. The number of nitro groups is 1. The highest BCUT2D eigenvalue weighted by atomic mass is 127. The summed E-state index contributed by atoms with van der Waals surface area (Å²) >= 11 is 6.00. The standard InChI is InChI=1S/C21H24ClN5O3.HI/c1-23-21(24-15-17-5-3-7-19(13-17)27(29)30)26-10-8-25(9-11-26)20(28)14-16-4-2-6-18(22)12-16;/h2-7,12-13H,8-11,14-15H2,1H3,(H,23,24);1H. The van der Waals surface area contributed by atoms with Gasteiger partial charge in [-0.05, 0) is 23.3 Å². The number of nitrogens with one attached hydrogen (secondary N) is 1. The summed E-state index contributed by atoms with van der Waals surface area (Å²) in [5.41, 5.74) is 1.78. The summed E-state index contributed by atoms with van der Waals surface area (Å²) in [4.78, 5) is 31.4. The third-order valence-corrected chi connectivity index (χ3v) is 5.20. The first-order valence-electron chi connectivity index (χ1n) is 9.67. The number of aliphatic imine (C=N–C) groups is 1. The number of hydrogen-bond acceptors (Lipinski definition) is 4. The normalized spacial score (nSPS) is 14.1. The first-order chi connectivity index (χ1) is 14.5. The second-order valence-electron chi connectivity index (χ2n) is 7.00. The van der Waals surface area contributed by atoms with Gasteiger partial charge in [0.05, 0.1) is 11.3 Å². The molecule has 1 fully saturated rings. The second kappa shape index (κ2) is 11.8. The van der Waals surface area contributed by atoms with Crippen LogP contribution in [0.5, 0.6) is 0 Å². The number of piperazine rings is 1. The lowest BCUT2D eigenvalue weighted by atomic mass is 10.1. The molecule has 1 saturated heterocycles. The Labute approximate surface area is 203 Å². The van der Waals surface area contributed by atoms with Crippen molar-refractivity contribution in [3.63, 3.8) is 0 Å². The van der Waals surface area contributed by atoms with Crippen LogP contribution >= 0.6 is 35.6 Å². The summed E-state index contributed by atoms with van der Waals surface area (Å²) in [7, 11) is 1.70. The van der Waals surface area contributed by atoms with Gasteiger partial charge in [0, 0.05) is 56.9 Å². The smallest absolute Gasteiger partial charge is 0.269 e. The molecule has 0 bridgehead atoms. The topological polar surface area (TPSA) is 91.1 Å². The maximum atomic E-state index is 12.6. The number of guanidine groups is 1. The van der Waals surface area contributed by atoms with Crippen molar-refractivity contribution in [2.75, 3.05) is 33.2 Å². The Morgan fingerprint density at radius 1 is 1.10 bits per heavy atom. The van der Waals surface area contributed by atoms with Gasteiger partial charge in [-0.3, -0.25) is 19.9 Å². The van der Waals surface area contributed by atoms with Crippen molar-refractivity contribution in [2.45, 2.75) is 13.0 Å². The van der Waals surface area contributed by atoms with Gasteiger partial charge in [0.1, 0.15) is 0 Å².